The van der Waals surface area contributed by atoms with Gasteiger partial charge in [0, 0.05) is 31.9 Å². The summed E-state index contributed by atoms with van der Waals surface area (Å²) < 4.78 is 12.9. The fourth-order valence-corrected chi connectivity index (χ4v) is 2.71. The third kappa shape index (κ3) is 4.20. The van der Waals surface area contributed by atoms with E-state index in [2.05, 4.69) is 5.10 Å². The zero-order valence-corrected chi connectivity index (χ0v) is 15.8. The highest BCUT2D eigenvalue weighted by Crippen LogP contribution is 2.24. The summed E-state index contributed by atoms with van der Waals surface area (Å²) in [4.78, 5) is 24.5. The monoisotopic (exact) mass is 384 g/mol. The maximum atomic E-state index is 12.5. The molecule has 2 aromatic heterocycles. The number of amides is 1. The molecule has 0 aliphatic heterocycles. The van der Waals surface area contributed by atoms with E-state index in [0.29, 0.717) is 23.6 Å². The Bertz CT molecular complexity index is 1010. The van der Waals surface area contributed by atoms with Crippen molar-refractivity contribution in [2.45, 2.75) is 20.1 Å². The molecule has 0 bridgehead atoms. The number of nitro groups is 1. The summed E-state index contributed by atoms with van der Waals surface area (Å²) in [6.45, 7) is 2.16. The van der Waals surface area contributed by atoms with Gasteiger partial charge in [-0.15, -0.1) is 0 Å². The van der Waals surface area contributed by atoms with E-state index in [4.69, 9.17) is 9.15 Å². The lowest BCUT2D eigenvalue weighted by atomic mass is 10.2. The van der Waals surface area contributed by atoms with Crippen LogP contribution in [0.1, 0.15) is 27.6 Å². The number of carbonyl (C=O) groups is 1. The number of nitro benzene ring substituents is 1. The molecule has 0 unspecified atom stereocenters. The van der Waals surface area contributed by atoms with E-state index >= 15 is 0 Å². The molecule has 0 N–H and O–H groups in total. The molecule has 0 fully saturated rings. The lowest BCUT2D eigenvalue weighted by Gasteiger charge is -2.15. The van der Waals surface area contributed by atoms with Gasteiger partial charge in [-0.2, -0.15) is 5.10 Å². The first-order chi connectivity index (χ1) is 13.3. The molecule has 28 heavy (non-hydrogen) atoms. The highest BCUT2D eigenvalue weighted by atomic mass is 16.6. The zero-order chi connectivity index (χ0) is 20.3. The minimum absolute atomic E-state index is 0.0368. The number of aryl methyl sites for hydroxylation is 2. The van der Waals surface area contributed by atoms with Gasteiger partial charge >= 0.3 is 0 Å². The lowest BCUT2D eigenvalue weighted by molar-refractivity contribution is -0.385. The maximum Gasteiger partial charge on any atom is 0.289 e. The van der Waals surface area contributed by atoms with E-state index in [1.165, 1.54) is 12.1 Å². The first-order valence-electron chi connectivity index (χ1n) is 8.54. The second-order valence-corrected chi connectivity index (χ2v) is 6.37. The van der Waals surface area contributed by atoms with Crippen molar-refractivity contribution in [3.8, 4) is 5.75 Å². The zero-order valence-electron chi connectivity index (χ0n) is 15.8. The molecular formula is C19H20N4O5. The van der Waals surface area contributed by atoms with Crippen LogP contribution < -0.4 is 4.74 Å². The molecule has 0 saturated heterocycles. The number of carbonyl (C=O) groups excluding carboxylic acids is 1. The lowest BCUT2D eigenvalue weighted by Crippen LogP contribution is -2.26. The molecule has 1 amide bonds. The second-order valence-electron chi connectivity index (χ2n) is 6.37. The number of aromatic nitrogens is 2. The van der Waals surface area contributed by atoms with E-state index in [1.807, 2.05) is 13.1 Å². The SMILES string of the molecule is Cc1cc(OCc2ccc(C(=O)N(C)Cc3ccnn3C)o2)ccc1[N+](=O)[O-]. The third-order valence-electron chi connectivity index (χ3n) is 4.29. The molecular weight excluding hydrogens is 364 g/mol. The van der Waals surface area contributed by atoms with Crippen molar-refractivity contribution in [3.63, 3.8) is 0 Å². The number of benzene rings is 1. The van der Waals surface area contributed by atoms with E-state index in [-0.39, 0.29) is 24.0 Å². The third-order valence-corrected chi connectivity index (χ3v) is 4.29. The van der Waals surface area contributed by atoms with Gasteiger partial charge in [-0.1, -0.05) is 0 Å². The highest BCUT2D eigenvalue weighted by molar-refractivity contribution is 5.91. The molecule has 0 saturated carbocycles. The first kappa shape index (κ1) is 19.2. The summed E-state index contributed by atoms with van der Waals surface area (Å²) in [5, 5.41) is 14.9. The highest BCUT2D eigenvalue weighted by Gasteiger charge is 2.18. The van der Waals surface area contributed by atoms with E-state index in [9.17, 15) is 14.9 Å². The number of nitrogens with zero attached hydrogens (tertiary/aromatic N) is 4. The van der Waals surface area contributed by atoms with Gasteiger partial charge in [0.25, 0.3) is 11.6 Å². The van der Waals surface area contributed by atoms with E-state index < -0.39 is 4.92 Å². The van der Waals surface area contributed by atoms with Crippen LogP contribution in [0.15, 0.2) is 47.0 Å². The minimum Gasteiger partial charge on any atom is -0.486 e. The standard InChI is InChI=1S/C19H20N4O5/c1-13-10-15(4-6-17(13)23(25)26)27-12-16-5-7-18(28-16)19(24)21(2)11-14-8-9-20-22(14)3/h4-10H,11-12H2,1-3H3. The smallest absolute Gasteiger partial charge is 0.289 e. The van der Waals surface area contributed by atoms with Crippen molar-refractivity contribution in [3.05, 3.63) is 75.5 Å². The van der Waals surface area contributed by atoms with Gasteiger partial charge in [0.2, 0.25) is 0 Å². The van der Waals surface area contributed by atoms with Crippen LogP contribution >= 0.6 is 0 Å². The Morgan fingerprint density at radius 2 is 2.11 bits per heavy atom. The molecule has 1 aromatic carbocycles. The quantitative estimate of drug-likeness (QED) is 0.458. The Morgan fingerprint density at radius 1 is 1.32 bits per heavy atom. The Kier molecular flexibility index (Phi) is 5.44. The summed E-state index contributed by atoms with van der Waals surface area (Å²) in [6.07, 6.45) is 1.68. The Morgan fingerprint density at radius 3 is 2.75 bits per heavy atom. The Balaban J connectivity index is 1.60. The van der Waals surface area contributed by atoms with Gasteiger partial charge in [-0.25, -0.2) is 0 Å². The number of hydrogen-bond donors (Lipinski definition) is 0. The van der Waals surface area contributed by atoms with Crippen LogP contribution in [0.3, 0.4) is 0 Å². The van der Waals surface area contributed by atoms with Crippen LogP contribution in [0, 0.1) is 17.0 Å². The first-order valence-corrected chi connectivity index (χ1v) is 8.54. The van der Waals surface area contributed by atoms with E-state index in [0.717, 1.165) is 5.69 Å². The number of rotatable bonds is 7. The summed E-state index contributed by atoms with van der Waals surface area (Å²) in [6, 6.07) is 9.63. The molecule has 0 atom stereocenters. The molecule has 0 aliphatic rings. The molecule has 0 radical (unpaired) electrons. The predicted molar refractivity (Wildman–Crippen MR) is 99.9 cm³/mol. The fourth-order valence-electron chi connectivity index (χ4n) is 2.71. The summed E-state index contributed by atoms with van der Waals surface area (Å²) in [5.74, 6) is 0.927. The molecule has 9 heteroatoms. The molecule has 0 spiro atoms. The van der Waals surface area contributed by atoms with Gasteiger partial charge in [0.15, 0.2) is 5.76 Å². The number of ether oxygens (including phenoxy) is 1. The van der Waals surface area contributed by atoms with Crippen molar-refractivity contribution >= 4 is 11.6 Å². The Hall–Kier alpha value is -3.62. The normalized spacial score (nSPS) is 10.7. The summed E-state index contributed by atoms with van der Waals surface area (Å²) in [7, 11) is 3.50. The van der Waals surface area contributed by atoms with Crippen molar-refractivity contribution in [2.24, 2.45) is 7.05 Å². The summed E-state index contributed by atoms with van der Waals surface area (Å²) >= 11 is 0. The minimum atomic E-state index is -0.439. The molecule has 2 heterocycles. The van der Waals surface area contributed by atoms with Gasteiger partial charge in [-0.05, 0) is 37.3 Å². The van der Waals surface area contributed by atoms with Crippen molar-refractivity contribution in [1.82, 2.24) is 14.7 Å². The van der Waals surface area contributed by atoms with Gasteiger partial charge in [0.1, 0.15) is 18.1 Å². The predicted octanol–water partition coefficient (Wildman–Crippen LogP) is 3.08. The molecule has 0 aliphatic carbocycles. The number of furan rings is 1. The molecule has 9 nitrogen and oxygen atoms in total. The fraction of sp³-hybridized carbons (Fsp3) is 0.263. The molecule has 3 aromatic rings. The van der Waals surface area contributed by atoms with Crippen LogP contribution in [0.5, 0.6) is 5.75 Å². The van der Waals surface area contributed by atoms with Crippen molar-refractivity contribution in [1.29, 1.82) is 0 Å². The second kappa shape index (κ2) is 7.95. The maximum absolute atomic E-state index is 12.5. The van der Waals surface area contributed by atoms with Crippen LogP contribution in [0.2, 0.25) is 0 Å². The Labute approximate surface area is 161 Å². The van der Waals surface area contributed by atoms with Crippen LogP contribution in [0.25, 0.3) is 0 Å². The van der Waals surface area contributed by atoms with E-state index in [1.54, 1.807) is 47.9 Å². The van der Waals surface area contributed by atoms with Crippen LogP contribution in [-0.4, -0.2) is 32.6 Å². The largest absolute Gasteiger partial charge is 0.486 e. The topological polar surface area (TPSA) is 104 Å². The van der Waals surface area contributed by atoms with Crippen LogP contribution in [0.4, 0.5) is 5.69 Å². The molecule has 3 rings (SSSR count). The summed E-state index contributed by atoms with van der Waals surface area (Å²) in [5.41, 5.74) is 1.45. The average molecular weight is 384 g/mol. The number of hydrogen-bond acceptors (Lipinski definition) is 6. The van der Waals surface area contributed by atoms with Crippen LogP contribution in [-0.2, 0) is 20.2 Å². The van der Waals surface area contributed by atoms with Crippen molar-refractivity contribution in [2.75, 3.05) is 7.05 Å². The average Bonchev–Trinajstić information content (AvgIpc) is 3.28. The van der Waals surface area contributed by atoms with Gasteiger partial charge < -0.3 is 14.1 Å². The van der Waals surface area contributed by atoms with Crippen molar-refractivity contribution < 1.29 is 18.9 Å². The van der Waals surface area contributed by atoms with Gasteiger partial charge in [0.05, 0.1) is 17.2 Å². The van der Waals surface area contributed by atoms with Gasteiger partial charge in [-0.3, -0.25) is 19.6 Å². The molecule has 146 valence electrons.